The van der Waals surface area contributed by atoms with Crippen LogP contribution < -0.4 is 5.32 Å². The molecule has 0 atom stereocenters. The molecule has 21 heavy (non-hydrogen) atoms. The predicted molar refractivity (Wildman–Crippen MR) is 87.3 cm³/mol. The number of nitrogens with zero attached hydrogens (tertiary/aromatic N) is 1. The van der Waals surface area contributed by atoms with Gasteiger partial charge in [-0.05, 0) is 25.5 Å². The molecule has 0 amide bonds. The third-order valence-corrected chi connectivity index (χ3v) is 3.32. The molecule has 4 nitrogen and oxygen atoms in total. The fourth-order valence-corrected chi connectivity index (χ4v) is 2.19. The molecule has 0 spiro atoms. The van der Waals surface area contributed by atoms with Gasteiger partial charge in [-0.3, -0.25) is 4.90 Å². The molecule has 1 rings (SSSR count). The summed E-state index contributed by atoms with van der Waals surface area (Å²) in [6.45, 7) is 15.4. The van der Waals surface area contributed by atoms with E-state index in [-0.39, 0.29) is 0 Å². The Hall–Kier alpha value is -1.10. The molecule has 0 aromatic carbocycles. The third kappa shape index (κ3) is 6.93. The molecule has 0 fully saturated rings. The molecule has 0 unspecified atom stereocenters. The van der Waals surface area contributed by atoms with Crippen LogP contribution >= 0.6 is 0 Å². The Kier molecular flexibility index (Phi) is 8.35. The normalized spacial score (nSPS) is 11.5. The molecule has 0 aliphatic carbocycles. The number of hydrogen-bond donors (Lipinski definition) is 1. The van der Waals surface area contributed by atoms with Crippen LogP contribution in [0.15, 0.2) is 23.1 Å². The van der Waals surface area contributed by atoms with Crippen LogP contribution in [0.5, 0.6) is 0 Å². The number of ether oxygens (including phenoxy) is 1. The van der Waals surface area contributed by atoms with Crippen molar-refractivity contribution in [3.05, 3.63) is 35.8 Å². The van der Waals surface area contributed by atoms with Crippen molar-refractivity contribution in [3.8, 4) is 0 Å². The summed E-state index contributed by atoms with van der Waals surface area (Å²) in [5, 5.41) is 3.46. The largest absolute Gasteiger partial charge is 0.465 e. The first-order valence-electron chi connectivity index (χ1n) is 7.67. The Morgan fingerprint density at radius 2 is 2.24 bits per heavy atom. The van der Waals surface area contributed by atoms with Gasteiger partial charge in [-0.2, -0.15) is 0 Å². The zero-order valence-electron chi connectivity index (χ0n) is 13.9. The van der Waals surface area contributed by atoms with E-state index < -0.39 is 0 Å². The molecule has 0 radical (unpaired) electrons. The highest BCUT2D eigenvalue weighted by molar-refractivity contribution is 5.20. The second kappa shape index (κ2) is 9.77. The van der Waals surface area contributed by atoms with Gasteiger partial charge in [-0.15, -0.1) is 6.58 Å². The van der Waals surface area contributed by atoms with Gasteiger partial charge < -0.3 is 14.5 Å². The number of rotatable bonds is 11. The predicted octanol–water partition coefficient (Wildman–Crippen LogP) is 2.97. The zero-order chi connectivity index (χ0) is 15.7. The second-order valence-corrected chi connectivity index (χ2v) is 5.84. The van der Waals surface area contributed by atoms with E-state index in [1.54, 1.807) is 7.11 Å². The Morgan fingerprint density at radius 3 is 2.86 bits per heavy atom. The van der Waals surface area contributed by atoms with Gasteiger partial charge in [-0.25, -0.2) is 0 Å². The zero-order valence-corrected chi connectivity index (χ0v) is 13.9. The summed E-state index contributed by atoms with van der Waals surface area (Å²) in [4.78, 5) is 2.26. The molecular formula is C17H30N2O2. The van der Waals surface area contributed by atoms with Crippen molar-refractivity contribution in [2.45, 2.75) is 33.9 Å². The van der Waals surface area contributed by atoms with Crippen molar-refractivity contribution in [1.29, 1.82) is 0 Å². The average molecular weight is 294 g/mol. The molecule has 1 aromatic heterocycles. The molecule has 0 saturated heterocycles. The van der Waals surface area contributed by atoms with Crippen LogP contribution in [-0.4, -0.2) is 38.3 Å². The molecule has 0 aliphatic rings. The van der Waals surface area contributed by atoms with E-state index in [0.717, 1.165) is 50.9 Å². The van der Waals surface area contributed by atoms with Gasteiger partial charge in [0.2, 0.25) is 0 Å². The van der Waals surface area contributed by atoms with Crippen LogP contribution in [0.3, 0.4) is 0 Å². The van der Waals surface area contributed by atoms with Crippen LogP contribution in [0.2, 0.25) is 0 Å². The summed E-state index contributed by atoms with van der Waals surface area (Å²) in [5.74, 6) is 2.67. The van der Waals surface area contributed by atoms with Gasteiger partial charge >= 0.3 is 0 Å². The van der Waals surface area contributed by atoms with Gasteiger partial charge in [-0.1, -0.05) is 19.9 Å². The van der Waals surface area contributed by atoms with E-state index in [9.17, 15) is 0 Å². The second-order valence-electron chi connectivity index (χ2n) is 5.84. The quantitative estimate of drug-likeness (QED) is 0.637. The number of nitrogens with one attached hydrogen (secondary N) is 1. The smallest absolute Gasteiger partial charge is 0.118 e. The first kappa shape index (κ1) is 18.0. The minimum atomic E-state index is 0.661. The highest BCUT2D eigenvalue weighted by Crippen LogP contribution is 2.16. The fourth-order valence-electron chi connectivity index (χ4n) is 2.19. The molecule has 120 valence electrons. The molecule has 0 bridgehead atoms. The van der Waals surface area contributed by atoms with Crippen molar-refractivity contribution in [3.63, 3.8) is 0 Å². The summed E-state index contributed by atoms with van der Waals surface area (Å²) >= 11 is 0. The maximum absolute atomic E-state index is 5.87. The van der Waals surface area contributed by atoms with Crippen LogP contribution in [0.25, 0.3) is 0 Å². The van der Waals surface area contributed by atoms with Crippen LogP contribution in [0, 0.1) is 12.8 Å². The van der Waals surface area contributed by atoms with Gasteiger partial charge in [0, 0.05) is 32.3 Å². The van der Waals surface area contributed by atoms with Gasteiger partial charge in [0.05, 0.1) is 13.2 Å². The first-order chi connectivity index (χ1) is 10.1. The Balaban J connectivity index is 2.55. The summed E-state index contributed by atoms with van der Waals surface area (Å²) < 4.78 is 11.0. The Bertz CT molecular complexity index is 413. The maximum atomic E-state index is 5.87. The van der Waals surface area contributed by atoms with Crippen molar-refractivity contribution in [2.24, 2.45) is 5.92 Å². The van der Waals surface area contributed by atoms with E-state index >= 15 is 0 Å². The van der Waals surface area contributed by atoms with Gasteiger partial charge in [0.15, 0.2) is 0 Å². The van der Waals surface area contributed by atoms with Gasteiger partial charge in [0.1, 0.15) is 11.5 Å². The number of aryl methyl sites for hydroxylation is 1. The first-order valence-corrected chi connectivity index (χ1v) is 7.67. The van der Waals surface area contributed by atoms with Crippen molar-refractivity contribution in [2.75, 3.05) is 33.4 Å². The summed E-state index contributed by atoms with van der Waals surface area (Å²) in [5.41, 5.74) is 1.25. The van der Waals surface area contributed by atoms with E-state index in [1.165, 1.54) is 5.56 Å². The molecule has 1 aromatic rings. The SMILES string of the molecule is C=CCN(CCOC)Cc1cc(CNCC(C)C)c(C)o1. The van der Waals surface area contributed by atoms with E-state index in [2.05, 4.69) is 36.7 Å². The van der Waals surface area contributed by atoms with Crippen molar-refractivity contribution >= 4 is 0 Å². The summed E-state index contributed by atoms with van der Waals surface area (Å²) in [6, 6.07) is 2.16. The lowest BCUT2D eigenvalue weighted by Crippen LogP contribution is -2.26. The lowest BCUT2D eigenvalue weighted by molar-refractivity contribution is 0.146. The van der Waals surface area contributed by atoms with Crippen molar-refractivity contribution in [1.82, 2.24) is 10.2 Å². The molecule has 1 heterocycles. The minimum absolute atomic E-state index is 0.661. The molecular weight excluding hydrogens is 264 g/mol. The lowest BCUT2D eigenvalue weighted by atomic mass is 10.2. The maximum Gasteiger partial charge on any atom is 0.118 e. The highest BCUT2D eigenvalue weighted by Gasteiger charge is 2.11. The Labute approximate surface area is 129 Å². The van der Waals surface area contributed by atoms with E-state index in [4.69, 9.17) is 9.15 Å². The summed E-state index contributed by atoms with van der Waals surface area (Å²) in [7, 11) is 1.72. The van der Waals surface area contributed by atoms with Crippen LogP contribution in [0.4, 0.5) is 0 Å². The minimum Gasteiger partial charge on any atom is -0.465 e. The molecule has 0 aliphatic heterocycles. The van der Waals surface area contributed by atoms with E-state index in [1.807, 2.05) is 13.0 Å². The van der Waals surface area contributed by atoms with Crippen molar-refractivity contribution < 1.29 is 9.15 Å². The lowest BCUT2D eigenvalue weighted by Gasteiger charge is -2.18. The molecule has 4 heteroatoms. The number of methoxy groups -OCH3 is 1. The Morgan fingerprint density at radius 1 is 1.48 bits per heavy atom. The molecule has 1 N–H and O–H groups in total. The standard InChI is InChI=1S/C17H30N2O2/c1-6-7-19(8-9-20-5)13-17-10-16(15(4)21-17)12-18-11-14(2)3/h6,10,14,18H,1,7-9,11-13H2,2-5H3. The topological polar surface area (TPSA) is 37.6 Å². The average Bonchev–Trinajstić information content (AvgIpc) is 2.76. The van der Waals surface area contributed by atoms with E-state index in [0.29, 0.717) is 5.92 Å². The summed E-state index contributed by atoms with van der Waals surface area (Å²) in [6.07, 6.45) is 1.91. The highest BCUT2D eigenvalue weighted by atomic mass is 16.5. The fraction of sp³-hybridized carbons (Fsp3) is 0.647. The number of hydrogen-bond acceptors (Lipinski definition) is 4. The van der Waals surface area contributed by atoms with Gasteiger partial charge in [0.25, 0.3) is 0 Å². The third-order valence-electron chi connectivity index (χ3n) is 3.32. The van der Waals surface area contributed by atoms with Crippen LogP contribution in [0.1, 0.15) is 30.9 Å². The number of furan rings is 1. The molecule has 0 saturated carbocycles. The van der Waals surface area contributed by atoms with Crippen LogP contribution in [-0.2, 0) is 17.8 Å². The monoisotopic (exact) mass is 294 g/mol.